The fourth-order valence-corrected chi connectivity index (χ4v) is 3.51. The maximum Gasteiger partial charge on any atom is 0.323 e. The Bertz CT molecular complexity index is 912. The average Bonchev–Trinajstić information content (AvgIpc) is 2.85. The summed E-state index contributed by atoms with van der Waals surface area (Å²) in [6.45, 7) is 7.62. The molecule has 166 valence electrons. The minimum absolute atomic E-state index is 0.0515. The first kappa shape index (κ1) is 22.6. The Balaban J connectivity index is 1.68. The molecule has 2 aromatic carbocycles. The van der Waals surface area contributed by atoms with E-state index in [-0.39, 0.29) is 11.9 Å². The standard InChI is InChI=1S/C24H31N3O4/c1-16(2)18-6-8-20(9-7-18)25-24(29)26-21-10-11-22-19(14-21)15-27(12-5-13-30-4)23(28)17(3)31-22/h6-11,14,16-17H,5,12-13,15H2,1-4H3,(H2,25,26,29). The molecule has 0 aromatic heterocycles. The van der Waals surface area contributed by atoms with Gasteiger partial charge in [0.25, 0.3) is 5.91 Å². The number of hydrogen-bond acceptors (Lipinski definition) is 4. The van der Waals surface area contributed by atoms with Gasteiger partial charge in [0, 0.05) is 43.7 Å². The van der Waals surface area contributed by atoms with Gasteiger partial charge in [-0.05, 0) is 55.2 Å². The molecule has 0 spiro atoms. The summed E-state index contributed by atoms with van der Waals surface area (Å²) in [6.07, 6.45) is 0.194. The van der Waals surface area contributed by atoms with E-state index in [0.717, 1.165) is 17.7 Å². The summed E-state index contributed by atoms with van der Waals surface area (Å²) in [4.78, 5) is 26.8. The summed E-state index contributed by atoms with van der Waals surface area (Å²) in [5, 5.41) is 5.71. The molecule has 0 saturated heterocycles. The van der Waals surface area contributed by atoms with Crippen molar-refractivity contribution in [3.63, 3.8) is 0 Å². The van der Waals surface area contributed by atoms with Gasteiger partial charge >= 0.3 is 6.03 Å². The molecule has 1 aliphatic rings. The Morgan fingerprint density at radius 1 is 1.16 bits per heavy atom. The Kier molecular flexibility index (Phi) is 7.52. The Morgan fingerprint density at radius 2 is 1.84 bits per heavy atom. The van der Waals surface area contributed by atoms with Crippen LogP contribution in [0.2, 0.25) is 0 Å². The molecular formula is C24H31N3O4. The topological polar surface area (TPSA) is 79.9 Å². The van der Waals surface area contributed by atoms with Crippen molar-refractivity contribution in [1.29, 1.82) is 0 Å². The summed E-state index contributed by atoms with van der Waals surface area (Å²) in [5.41, 5.74) is 3.44. The number of amides is 3. The quantitative estimate of drug-likeness (QED) is 0.636. The van der Waals surface area contributed by atoms with Crippen molar-refractivity contribution in [3.8, 4) is 5.75 Å². The predicted molar refractivity (Wildman–Crippen MR) is 122 cm³/mol. The summed E-state index contributed by atoms with van der Waals surface area (Å²) in [6, 6.07) is 12.9. The lowest BCUT2D eigenvalue weighted by molar-refractivity contribution is -0.137. The zero-order valence-corrected chi connectivity index (χ0v) is 18.6. The van der Waals surface area contributed by atoms with Crippen molar-refractivity contribution in [3.05, 3.63) is 53.6 Å². The number of fused-ring (bicyclic) bond motifs is 1. The molecule has 1 unspecified atom stereocenters. The number of hydrogen-bond donors (Lipinski definition) is 2. The van der Waals surface area contributed by atoms with E-state index in [1.807, 2.05) is 30.3 Å². The van der Waals surface area contributed by atoms with Gasteiger partial charge in [-0.2, -0.15) is 0 Å². The molecule has 1 aliphatic heterocycles. The molecule has 7 heteroatoms. The zero-order valence-electron chi connectivity index (χ0n) is 18.6. The third-order valence-electron chi connectivity index (χ3n) is 5.25. The van der Waals surface area contributed by atoms with Crippen molar-refractivity contribution in [1.82, 2.24) is 4.90 Å². The summed E-state index contributed by atoms with van der Waals surface area (Å²) in [7, 11) is 1.65. The smallest absolute Gasteiger partial charge is 0.323 e. The van der Waals surface area contributed by atoms with Crippen LogP contribution in [0.25, 0.3) is 0 Å². The Hall–Kier alpha value is -3.06. The zero-order chi connectivity index (χ0) is 22.4. The number of nitrogens with one attached hydrogen (secondary N) is 2. The lowest BCUT2D eigenvalue weighted by atomic mass is 10.0. The number of benzene rings is 2. The van der Waals surface area contributed by atoms with E-state index >= 15 is 0 Å². The minimum atomic E-state index is -0.556. The van der Waals surface area contributed by atoms with Crippen molar-refractivity contribution in [2.45, 2.75) is 45.8 Å². The third-order valence-corrected chi connectivity index (χ3v) is 5.25. The average molecular weight is 426 g/mol. The van der Waals surface area contributed by atoms with E-state index < -0.39 is 6.10 Å². The third kappa shape index (κ3) is 5.98. The van der Waals surface area contributed by atoms with E-state index in [1.165, 1.54) is 5.56 Å². The van der Waals surface area contributed by atoms with Crippen LogP contribution >= 0.6 is 0 Å². The molecule has 31 heavy (non-hydrogen) atoms. The lowest BCUT2D eigenvalue weighted by Gasteiger charge is -2.22. The monoisotopic (exact) mass is 425 g/mol. The fourth-order valence-electron chi connectivity index (χ4n) is 3.51. The van der Waals surface area contributed by atoms with Gasteiger partial charge in [0.2, 0.25) is 0 Å². The van der Waals surface area contributed by atoms with Crippen LogP contribution in [0.1, 0.15) is 44.2 Å². The van der Waals surface area contributed by atoms with Crippen LogP contribution < -0.4 is 15.4 Å². The van der Waals surface area contributed by atoms with Crippen LogP contribution in [-0.4, -0.2) is 43.2 Å². The highest BCUT2D eigenvalue weighted by Gasteiger charge is 2.27. The summed E-state index contributed by atoms with van der Waals surface area (Å²) in [5.74, 6) is 1.04. The number of methoxy groups -OCH3 is 1. The van der Waals surface area contributed by atoms with Gasteiger partial charge < -0.3 is 25.0 Å². The number of rotatable bonds is 7. The first-order valence-corrected chi connectivity index (χ1v) is 10.6. The van der Waals surface area contributed by atoms with Crippen molar-refractivity contribution in [2.24, 2.45) is 0 Å². The molecule has 1 atom stereocenters. The second-order valence-electron chi connectivity index (χ2n) is 8.04. The van der Waals surface area contributed by atoms with E-state index in [4.69, 9.17) is 9.47 Å². The van der Waals surface area contributed by atoms with Crippen molar-refractivity contribution >= 4 is 23.3 Å². The molecule has 0 saturated carbocycles. The Morgan fingerprint density at radius 3 is 2.52 bits per heavy atom. The largest absolute Gasteiger partial charge is 0.481 e. The van der Waals surface area contributed by atoms with Gasteiger partial charge in [0.05, 0.1) is 0 Å². The minimum Gasteiger partial charge on any atom is -0.481 e. The second kappa shape index (κ2) is 10.3. The molecular weight excluding hydrogens is 394 g/mol. The lowest BCUT2D eigenvalue weighted by Crippen LogP contribution is -2.38. The van der Waals surface area contributed by atoms with Crippen LogP contribution in [0.4, 0.5) is 16.2 Å². The summed E-state index contributed by atoms with van der Waals surface area (Å²) < 4.78 is 10.9. The molecule has 0 fully saturated rings. The second-order valence-corrected chi connectivity index (χ2v) is 8.04. The summed E-state index contributed by atoms with van der Waals surface area (Å²) >= 11 is 0. The predicted octanol–water partition coefficient (Wildman–Crippen LogP) is 4.60. The number of ether oxygens (including phenoxy) is 2. The van der Waals surface area contributed by atoms with E-state index in [2.05, 4.69) is 24.5 Å². The van der Waals surface area contributed by atoms with Crippen LogP contribution in [0.5, 0.6) is 5.75 Å². The van der Waals surface area contributed by atoms with Crippen LogP contribution in [0.3, 0.4) is 0 Å². The molecule has 3 rings (SSSR count). The van der Waals surface area contributed by atoms with Crippen LogP contribution in [0, 0.1) is 0 Å². The maximum absolute atomic E-state index is 12.6. The number of carbonyl (C=O) groups is 2. The first-order valence-electron chi connectivity index (χ1n) is 10.6. The van der Waals surface area contributed by atoms with Crippen LogP contribution in [0.15, 0.2) is 42.5 Å². The van der Waals surface area contributed by atoms with Gasteiger partial charge in [-0.3, -0.25) is 4.79 Å². The highest BCUT2D eigenvalue weighted by atomic mass is 16.5. The molecule has 0 aliphatic carbocycles. The van der Waals surface area contributed by atoms with Crippen molar-refractivity contribution in [2.75, 3.05) is 30.9 Å². The van der Waals surface area contributed by atoms with Gasteiger partial charge in [0.15, 0.2) is 6.10 Å². The highest BCUT2D eigenvalue weighted by Crippen LogP contribution is 2.29. The molecule has 0 radical (unpaired) electrons. The normalized spacial score (nSPS) is 15.8. The fraction of sp³-hybridized carbons (Fsp3) is 0.417. The van der Waals surface area contributed by atoms with Gasteiger partial charge in [-0.1, -0.05) is 26.0 Å². The molecule has 3 amide bonds. The molecule has 1 heterocycles. The highest BCUT2D eigenvalue weighted by molar-refractivity contribution is 5.99. The van der Waals surface area contributed by atoms with Gasteiger partial charge in [0.1, 0.15) is 5.75 Å². The Labute approximate surface area is 183 Å². The van der Waals surface area contributed by atoms with E-state index in [9.17, 15) is 9.59 Å². The number of anilines is 2. The maximum atomic E-state index is 12.6. The SMILES string of the molecule is COCCCN1Cc2cc(NC(=O)Nc3ccc(C(C)C)cc3)ccc2OC(C)C1=O. The first-order chi connectivity index (χ1) is 14.9. The van der Waals surface area contributed by atoms with E-state index in [0.29, 0.717) is 37.1 Å². The van der Waals surface area contributed by atoms with E-state index in [1.54, 1.807) is 31.1 Å². The van der Waals surface area contributed by atoms with Gasteiger partial charge in [-0.15, -0.1) is 0 Å². The van der Waals surface area contributed by atoms with Gasteiger partial charge in [-0.25, -0.2) is 4.79 Å². The molecule has 2 aromatic rings. The number of nitrogens with zero attached hydrogens (tertiary/aromatic N) is 1. The molecule has 2 N–H and O–H groups in total. The van der Waals surface area contributed by atoms with Crippen molar-refractivity contribution < 1.29 is 19.1 Å². The number of carbonyl (C=O) groups excluding carboxylic acids is 2. The molecule has 0 bridgehead atoms. The number of urea groups is 1. The molecule has 7 nitrogen and oxygen atoms in total. The van der Waals surface area contributed by atoms with Crippen LogP contribution in [-0.2, 0) is 16.1 Å².